The molecule has 4 rings (SSSR count). The van der Waals surface area contributed by atoms with E-state index in [-0.39, 0.29) is 34.0 Å². The molecule has 0 radical (unpaired) electrons. The van der Waals surface area contributed by atoms with E-state index in [4.69, 9.17) is 69.6 Å². The van der Waals surface area contributed by atoms with Crippen LogP contribution in [0.3, 0.4) is 0 Å². The van der Waals surface area contributed by atoms with Crippen LogP contribution in [0.2, 0.25) is 0 Å². The first kappa shape index (κ1) is 70.5. The number of anilines is 2. The summed E-state index contributed by atoms with van der Waals surface area (Å²) in [7, 11) is 19.5. The average molecular weight is 1380 g/mol. The standard InChI is InChI=1S/2C9H19NO2.2C7H7NO2.2C7H13N.4ClH.2Pt/c2*1-8(2,3)6-9(4,5)10-7(11)12;2*9-7(10)8-6-4-2-1-3-5-6;2*1-6-4-2-3-5-7(6)8;;;;;;/h2*10H,6H2,1-5H3,(H,11,12);2*1-5,8H,(H,9,10);2*6-8H,1-5H2;4*1H;;/q;;;;2*-2;;;;;2*+4/p-4/t;;;;2*6-,7-;;;;;;/m....11....../s1. The second kappa shape index (κ2) is 39.8. The predicted molar refractivity (Wildman–Crippen MR) is 269 cm³/mol. The summed E-state index contributed by atoms with van der Waals surface area (Å²) >= 11 is -0.944. The summed E-state index contributed by atoms with van der Waals surface area (Å²) in [4.78, 5) is 40.9. The Balaban J connectivity index is -0.000000342. The van der Waals surface area contributed by atoms with Crippen LogP contribution in [0.15, 0.2) is 60.7 Å². The van der Waals surface area contributed by atoms with Crippen molar-refractivity contribution >= 4 is 73.4 Å². The molecule has 4 amide bonds. The van der Waals surface area contributed by atoms with Crippen molar-refractivity contribution in [2.45, 2.75) is 157 Å². The molecule has 0 spiro atoms. The quantitative estimate of drug-likeness (QED) is 0.129. The van der Waals surface area contributed by atoms with Gasteiger partial charge in [-0.15, -0.1) is 0 Å². The fourth-order valence-electron chi connectivity index (χ4n) is 7.02. The van der Waals surface area contributed by atoms with Gasteiger partial charge in [0.2, 0.25) is 0 Å². The number of para-hydroxylation sites is 2. The molecule has 2 saturated carbocycles. The van der Waals surface area contributed by atoms with Crippen LogP contribution >= 0.6 is 37.7 Å². The number of rotatable bonds is 6. The molecule has 2 aliphatic carbocycles. The molecule has 4 atom stereocenters. The Hall–Kier alpha value is -2.02. The summed E-state index contributed by atoms with van der Waals surface area (Å²) in [5, 5.41) is 43.0. The van der Waals surface area contributed by atoms with E-state index in [1.807, 2.05) is 39.8 Å². The number of hydrogen-bond donors (Lipinski definition) is 8. The Morgan fingerprint density at radius 3 is 0.939 bits per heavy atom. The monoisotopic (exact) mass is 1370 g/mol. The van der Waals surface area contributed by atoms with Crippen LogP contribution in [-0.4, -0.2) is 68.0 Å². The van der Waals surface area contributed by atoms with Crippen molar-refractivity contribution in [1.82, 2.24) is 10.6 Å². The molecular formula is C46H78Cl4N6O8Pt2. The molecule has 66 heavy (non-hydrogen) atoms. The van der Waals surface area contributed by atoms with Crippen molar-refractivity contribution in [2.75, 3.05) is 10.6 Å². The Labute approximate surface area is 429 Å². The molecule has 2 aromatic rings. The fourth-order valence-corrected chi connectivity index (χ4v) is 7.02. The van der Waals surface area contributed by atoms with Crippen molar-refractivity contribution in [1.29, 1.82) is 0 Å². The SMILES string of the molecule is CC(C)(C)CC(C)(C)NC(=O)O.CC(C)(C)CC(C)(C)NC(=O)O.O=C(O)Nc1ccccc1.O=C(O)Nc1ccccc1.[CH2-][C@@H]1CCCC[C@H]1[NH-].[CH2-][C@@H]1CCCC[C@H]1[NH-].[Cl][Pt+2][Cl].[Cl][Pt+2][Cl]. The van der Waals surface area contributed by atoms with Crippen molar-refractivity contribution in [3.05, 3.63) is 86.0 Å². The summed E-state index contributed by atoms with van der Waals surface area (Å²) in [6.45, 7) is 27.9. The van der Waals surface area contributed by atoms with Crippen LogP contribution in [0.1, 0.15) is 133 Å². The molecule has 0 aromatic heterocycles. The minimum atomic E-state index is -1.04. The molecular weight excluding hydrogens is 1300 g/mol. The van der Waals surface area contributed by atoms with Crippen molar-refractivity contribution in [2.24, 2.45) is 22.7 Å². The third-order valence-corrected chi connectivity index (χ3v) is 8.70. The first-order valence-electron chi connectivity index (χ1n) is 21.1. The zero-order valence-corrected chi connectivity index (χ0v) is 47.7. The van der Waals surface area contributed by atoms with Gasteiger partial charge in [-0.3, -0.25) is 10.6 Å². The maximum absolute atomic E-state index is 10.4. The van der Waals surface area contributed by atoms with E-state index >= 15 is 0 Å². The number of hydrogen-bond acceptors (Lipinski definition) is 4. The van der Waals surface area contributed by atoms with Gasteiger partial charge in [-0.2, -0.15) is 23.9 Å². The second-order valence-corrected chi connectivity index (χ2v) is 25.7. The number of carbonyl (C=O) groups is 4. The summed E-state index contributed by atoms with van der Waals surface area (Å²) in [5.41, 5.74) is 15.6. The Morgan fingerprint density at radius 1 is 0.530 bits per heavy atom. The summed E-state index contributed by atoms with van der Waals surface area (Å²) < 4.78 is 0. The topological polar surface area (TPSA) is 245 Å². The predicted octanol–water partition coefficient (Wildman–Crippen LogP) is 16.1. The normalized spacial score (nSPS) is 17.6. The Bertz CT molecular complexity index is 1410. The van der Waals surface area contributed by atoms with Crippen molar-refractivity contribution in [3.63, 3.8) is 0 Å². The molecule has 0 aliphatic heterocycles. The summed E-state index contributed by atoms with van der Waals surface area (Å²) in [6, 6.07) is 17.8. The number of halogens is 4. The first-order chi connectivity index (χ1) is 30.3. The van der Waals surface area contributed by atoms with Gasteiger partial charge in [0.15, 0.2) is 0 Å². The van der Waals surface area contributed by atoms with Gasteiger partial charge in [0.05, 0.1) is 0 Å². The molecule has 0 bridgehead atoms. The van der Waals surface area contributed by atoms with E-state index in [1.54, 1.807) is 48.5 Å². The molecule has 10 N–H and O–H groups in total. The number of carboxylic acid groups (broad SMARTS) is 4. The fraction of sp³-hybridized carbons (Fsp3) is 0.609. The molecule has 0 heterocycles. The molecule has 388 valence electrons. The van der Waals surface area contributed by atoms with Gasteiger partial charge in [0.25, 0.3) is 0 Å². The van der Waals surface area contributed by atoms with E-state index in [1.165, 1.54) is 38.5 Å². The van der Waals surface area contributed by atoms with Gasteiger partial charge in [-0.1, -0.05) is 129 Å². The van der Waals surface area contributed by atoms with Crippen LogP contribution in [0.4, 0.5) is 30.6 Å². The molecule has 0 saturated heterocycles. The third kappa shape index (κ3) is 52.9. The molecule has 2 fully saturated rings. The average Bonchev–Trinajstić information content (AvgIpc) is 3.13. The van der Waals surface area contributed by atoms with Crippen LogP contribution in [0, 0.1) is 36.5 Å². The summed E-state index contributed by atoms with van der Waals surface area (Å²) in [5.74, 6) is 0.840. The molecule has 2 aromatic carbocycles. The van der Waals surface area contributed by atoms with Gasteiger partial charge in [-0.05, 0) is 75.6 Å². The van der Waals surface area contributed by atoms with Gasteiger partial charge >= 0.3 is 95.0 Å². The van der Waals surface area contributed by atoms with E-state index in [2.05, 4.69) is 76.7 Å². The third-order valence-electron chi connectivity index (χ3n) is 8.70. The zero-order valence-electron chi connectivity index (χ0n) is 40.1. The van der Waals surface area contributed by atoms with Gasteiger partial charge in [0, 0.05) is 22.5 Å². The molecule has 14 nitrogen and oxygen atoms in total. The molecule has 20 heteroatoms. The second-order valence-electron chi connectivity index (χ2n) is 19.1. The van der Waals surface area contributed by atoms with Gasteiger partial charge < -0.3 is 56.4 Å². The van der Waals surface area contributed by atoms with Gasteiger partial charge in [-0.25, -0.2) is 19.2 Å². The number of amides is 4. The van der Waals surface area contributed by atoms with Crippen LogP contribution in [0.25, 0.3) is 11.5 Å². The maximum atomic E-state index is 10.4. The Morgan fingerprint density at radius 2 is 0.773 bits per heavy atom. The van der Waals surface area contributed by atoms with Gasteiger partial charge in [0.1, 0.15) is 0 Å². The van der Waals surface area contributed by atoms with Crippen molar-refractivity contribution < 1.29 is 72.6 Å². The van der Waals surface area contributed by atoms with Crippen LogP contribution in [0.5, 0.6) is 0 Å². The molecule has 2 aliphatic rings. The zero-order chi connectivity index (χ0) is 52.2. The van der Waals surface area contributed by atoms with E-state index in [0.29, 0.717) is 23.2 Å². The van der Waals surface area contributed by atoms with Crippen molar-refractivity contribution in [3.8, 4) is 0 Å². The van der Waals surface area contributed by atoms with E-state index in [0.717, 1.165) is 25.7 Å². The minimum absolute atomic E-state index is 0.142. The van der Waals surface area contributed by atoms with Crippen LogP contribution < -0.4 is 21.3 Å². The number of nitrogens with one attached hydrogen (secondary N) is 6. The van der Waals surface area contributed by atoms with E-state index in [9.17, 15) is 19.2 Å². The molecule has 0 unspecified atom stereocenters. The van der Waals surface area contributed by atoms with Crippen LogP contribution in [-0.2, 0) is 33.0 Å². The summed E-state index contributed by atoms with van der Waals surface area (Å²) in [6.07, 6.45) is 7.27. The number of benzene rings is 2. The Kier molecular flexibility index (Phi) is 42.5. The first-order valence-corrected chi connectivity index (χ1v) is 32.4. The van der Waals surface area contributed by atoms with E-state index < -0.39 is 57.3 Å².